The molecule has 40 heavy (non-hydrogen) atoms. The summed E-state index contributed by atoms with van der Waals surface area (Å²) in [4.78, 5) is 15.6. The van der Waals surface area contributed by atoms with Gasteiger partial charge >= 0.3 is 0 Å². The maximum atomic E-state index is 13.3. The number of carbonyl (C=O) groups excluding carboxylic acids is 1. The summed E-state index contributed by atoms with van der Waals surface area (Å²) in [5.41, 5.74) is 3.34. The number of carbonyl (C=O) groups is 1. The van der Waals surface area contributed by atoms with Crippen LogP contribution in [0.25, 0.3) is 0 Å². The molecule has 0 saturated heterocycles. The molecule has 2 N–H and O–H groups in total. The van der Waals surface area contributed by atoms with Crippen molar-refractivity contribution in [1.82, 2.24) is 4.72 Å². The van der Waals surface area contributed by atoms with Gasteiger partial charge in [0, 0.05) is 29.1 Å². The summed E-state index contributed by atoms with van der Waals surface area (Å²) in [5.74, 6) is 0.491. The van der Waals surface area contributed by atoms with E-state index < -0.39 is 27.3 Å². The summed E-state index contributed by atoms with van der Waals surface area (Å²) < 4.78 is 35.0. The van der Waals surface area contributed by atoms with Gasteiger partial charge in [-0.05, 0) is 98.2 Å². The summed E-state index contributed by atoms with van der Waals surface area (Å²) in [7, 11) is -3.87. The average Bonchev–Trinajstić information content (AvgIpc) is 3.16. The van der Waals surface area contributed by atoms with Crippen LogP contribution in [-0.2, 0) is 21.9 Å². The van der Waals surface area contributed by atoms with Crippen molar-refractivity contribution in [2.24, 2.45) is 11.8 Å². The topological polar surface area (TPSA) is 95.9 Å². The van der Waals surface area contributed by atoms with Crippen LogP contribution in [0, 0.1) is 11.8 Å². The van der Waals surface area contributed by atoms with Gasteiger partial charge in [-0.2, -0.15) is 0 Å². The van der Waals surface area contributed by atoms with Crippen molar-refractivity contribution < 1.29 is 23.1 Å². The van der Waals surface area contributed by atoms with Gasteiger partial charge in [0.05, 0.1) is 23.6 Å². The standard InChI is InChI=1S/C31H37ClN2O5S/c1-2-24-5-3-4-6-28(35)25-10-7-22(25)17-34-18-31(14-13-20-15-23(32)9-11-26(20)31)19-39-29-12-8-21(16-27(29)34)30(36)33-40(24,37)38/h4,6,8-9,11-12,15-16,22,24-25,28,35H,2-3,5,7,10,13-14,17-19H2,1H3,(H,33,36)/b6-4+/t22-,24?,25+,28?,31-/m0/s1. The number of sulfonamides is 1. The molecule has 9 heteroatoms. The summed E-state index contributed by atoms with van der Waals surface area (Å²) in [6.45, 7) is 3.73. The number of aryl methyl sites for hydroxylation is 1. The zero-order chi connectivity index (χ0) is 28.1. The molecule has 0 radical (unpaired) electrons. The van der Waals surface area contributed by atoms with E-state index in [1.807, 2.05) is 25.1 Å². The number of amides is 1. The summed E-state index contributed by atoms with van der Waals surface area (Å²) in [6, 6.07) is 11.3. The highest BCUT2D eigenvalue weighted by atomic mass is 35.5. The van der Waals surface area contributed by atoms with Crippen LogP contribution in [0.1, 0.15) is 66.9 Å². The number of aliphatic hydroxyl groups excluding tert-OH is 1. The van der Waals surface area contributed by atoms with Crippen LogP contribution in [0.5, 0.6) is 5.75 Å². The number of fused-ring (bicyclic) bond motifs is 4. The maximum absolute atomic E-state index is 13.3. The van der Waals surface area contributed by atoms with Crippen LogP contribution >= 0.6 is 11.6 Å². The first-order valence-electron chi connectivity index (χ1n) is 14.4. The molecule has 1 spiro atoms. The van der Waals surface area contributed by atoms with Crippen LogP contribution in [0.15, 0.2) is 48.6 Å². The van der Waals surface area contributed by atoms with Gasteiger partial charge in [0.1, 0.15) is 5.75 Å². The number of benzene rings is 2. The Morgan fingerprint density at radius 3 is 2.80 bits per heavy atom. The highest BCUT2D eigenvalue weighted by molar-refractivity contribution is 7.90. The molecule has 1 saturated carbocycles. The Balaban J connectivity index is 1.41. The molecule has 1 amide bonds. The van der Waals surface area contributed by atoms with Crippen LogP contribution in [0.2, 0.25) is 5.02 Å². The van der Waals surface area contributed by atoms with Crippen LogP contribution in [0.4, 0.5) is 5.69 Å². The number of rotatable bonds is 1. The fraction of sp³-hybridized carbons (Fsp3) is 0.516. The van der Waals surface area contributed by atoms with E-state index in [9.17, 15) is 18.3 Å². The molecular weight excluding hydrogens is 548 g/mol. The Bertz CT molecular complexity index is 1440. The second-order valence-corrected chi connectivity index (χ2v) is 14.3. The van der Waals surface area contributed by atoms with Gasteiger partial charge in [-0.3, -0.25) is 4.79 Å². The molecule has 5 atom stereocenters. The van der Waals surface area contributed by atoms with Crippen molar-refractivity contribution in [2.75, 3.05) is 24.6 Å². The van der Waals surface area contributed by atoms with E-state index in [2.05, 4.69) is 21.8 Å². The quantitative estimate of drug-likeness (QED) is 0.458. The molecule has 2 aromatic rings. The first kappa shape index (κ1) is 27.6. The minimum atomic E-state index is -3.87. The van der Waals surface area contributed by atoms with E-state index >= 15 is 0 Å². The van der Waals surface area contributed by atoms with E-state index in [4.69, 9.17) is 16.3 Å². The van der Waals surface area contributed by atoms with E-state index in [0.717, 1.165) is 42.9 Å². The number of halogens is 1. The van der Waals surface area contributed by atoms with Crippen LogP contribution in [0.3, 0.4) is 0 Å². The van der Waals surface area contributed by atoms with Gasteiger partial charge in [0.25, 0.3) is 5.91 Å². The lowest BCUT2D eigenvalue weighted by Crippen LogP contribution is -2.47. The fourth-order valence-electron chi connectivity index (χ4n) is 7.08. The van der Waals surface area contributed by atoms with Gasteiger partial charge < -0.3 is 14.7 Å². The zero-order valence-corrected chi connectivity index (χ0v) is 24.4. The minimum Gasteiger partial charge on any atom is -0.490 e. The molecular formula is C31H37ClN2O5S. The van der Waals surface area contributed by atoms with E-state index in [0.29, 0.717) is 44.1 Å². The van der Waals surface area contributed by atoms with Gasteiger partial charge in [-0.15, -0.1) is 0 Å². The zero-order valence-electron chi connectivity index (χ0n) is 22.8. The molecule has 7 nitrogen and oxygen atoms in total. The van der Waals surface area contributed by atoms with Crippen molar-refractivity contribution >= 4 is 33.2 Å². The van der Waals surface area contributed by atoms with E-state index in [1.54, 1.807) is 18.2 Å². The summed E-state index contributed by atoms with van der Waals surface area (Å²) in [6.07, 6.45) is 8.28. The molecule has 2 bridgehead atoms. The first-order valence-corrected chi connectivity index (χ1v) is 16.3. The fourth-order valence-corrected chi connectivity index (χ4v) is 8.70. The number of nitrogens with zero attached hydrogens (tertiary/aromatic N) is 1. The Hall–Kier alpha value is -2.55. The van der Waals surface area contributed by atoms with E-state index in [-0.39, 0.29) is 16.9 Å². The predicted octanol–water partition coefficient (Wildman–Crippen LogP) is 5.00. The van der Waals surface area contributed by atoms with Crippen molar-refractivity contribution in [1.29, 1.82) is 0 Å². The molecule has 2 aliphatic carbocycles. The average molecular weight is 585 g/mol. The van der Waals surface area contributed by atoms with Crippen molar-refractivity contribution in [3.05, 3.63) is 70.3 Å². The third-order valence-corrected chi connectivity index (χ3v) is 11.7. The second kappa shape index (κ2) is 10.7. The van der Waals surface area contributed by atoms with Crippen molar-refractivity contribution in [3.8, 4) is 5.75 Å². The Kier molecular flexibility index (Phi) is 7.38. The predicted molar refractivity (Wildman–Crippen MR) is 157 cm³/mol. The Labute approximate surface area is 241 Å². The summed E-state index contributed by atoms with van der Waals surface area (Å²) >= 11 is 6.33. The lowest BCUT2D eigenvalue weighted by Gasteiger charge is -2.43. The highest BCUT2D eigenvalue weighted by Crippen LogP contribution is 2.47. The van der Waals surface area contributed by atoms with Gasteiger partial charge in [0.15, 0.2) is 0 Å². The molecule has 1 fully saturated rings. The normalized spacial score (nSPS) is 32.2. The number of ether oxygens (including phenoxy) is 1. The maximum Gasteiger partial charge on any atom is 0.264 e. The minimum absolute atomic E-state index is 0.139. The molecule has 2 unspecified atom stereocenters. The smallest absolute Gasteiger partial charge is 0.264 e. The number of allylic oxidation sites excluding steroid dienone is 1. The van der Waals surface area contributed by atoms with Crippen LogP contribution in [-0.4, -0.2) is 50.5 Å². The molecule has 0 aromatic heterocycles. The SMILES string of the molecule is CCC1CC/C=C/C(O)[C@@H]2CC[C@H]2CN2C[C@@]3(CCc4cc(Cl)ccc43)COc3ccc(cc32)C(=O)NS1(=O)=O. The van der Waals surface area contributed by atoms with Crippen LogP contribution < -0.4 is 14.4 Å². The monoisotopic (exact) mass is 584 g/mol. The van der Waals surface area contributed by atoms with Crippen molar-refractivity contribution in [2.45, 2.75) is 68.6 Å². The van der Waals surface area contributed by atoms with Gasteiger partial charge in [-0.25, -0.2) is 13.1 Å². The lowest BCUT2D eigenvalue weighted by atomic mass is 9.70. The molecule has 6 rings (SSSR count). The third-order valence-electron chi connectivity index (χ3n) is 9.56. The lowest BCUT2D eigenvalue weighted by molar-refractivity contribution is 0.0457. The summed E-state index contributed by atoms with van der Waals surface area (Å²) in [5, 5.41) is 11.1. The Morgan fingerprint density at radius 2 is 2.02 bits per heavy atom. The van der Waals surface area contributed by atoms with E-state index in [1.165, 1.54) is 11.1 Å². The highest BCUT2D eigenvalue weighted by Gasteiger charge is 2.45. The molecule has 4 aliphatic rings. The Morgan fingerprint density at radius 1 is 1.18 bits per heavy atom. The number of nitrogens with one attached hydrogen (secondary N) is 1. The molecule has 2 aliphatic heterocycles. The molecule has 2 aromatic carbocycles. The molecule has 214 valence electrons. The second-order valence-electron chi connectivity index (χ2n) is 11.9. The number of anilines is 1. The number of hydrogen-bond donors (Lipinski definition) is 2. The van der Waals surface area contributed by atoms with Gasteiger partial charge in [0.2, 0.25) is 10.0 Å². The molecule has 2 heterocycles. The first-order chi connectivity index (χ1) is 19.2. The largest absolute Gasteiger partial charge is 0.490 e. The number of aliphatic hydroxyl groups is 1. The van der Waals surface area contributed by atoms with Gasteiger partial charge in [-0.1, -0.05) is 36.7 Å². The number of hydrogen-bond acceptors (Lipinski definition) is 6. The third kappa shape index (κ3) is 5.03. The van der Waals surface area contributed by atoms with Crippen molar-refractivity contribution in [3.63, 3.8) is 0 Å².